The molecule has 0 aliphatic carbocycles. The lowest BCUT2D eigenvalue weighted by Gasteiger charge is -2.27. The third-order valence-corrected chi connectivity index (χ3v) is 2.85. The number of hydrogen-bond donors (Lipinski definition) is 2. The van der Waals surface area contributed by atoms with Crippen molar-refractivity contribution in [3.05, 3.63) is 34.3 Å². The van der Waals surface area contributed by atoms with Crippen molar-refractivity contribution in [1.29, 1.82) is 0 Å². The van der Waals surface area contributed by atoms with E-state index in [0.717, 1.165) is 0 Å². The number of carbonyl (C=O) groups excluding carboxylic acids is 1. The molecule has 102 valence electrons. The maximum absolute atomic E-state index is 12.0. The van der Waals surface area contributed by atoms with E-state index in [1.165, 1.54) is 6.26 Å². The van der Waals surface area contributed by atoms with Gasteiger partial charge in [0.15, 0.2) is 5.76 Å². The van der Waals surface area contributed by atoms with Crippen LogP contribution < -0.4 is 11.2 Å². The largest absolute Gasteiger partial charge is 0.459 e. The summed E-state index contributed by atoms with van der Waals surface area (Å²) in [5.74, 6) is 0.0781. The van der Waals surface area contributed by atoms with Gasteiger partial charge in [0, 0.05) is 5.43 Å². The summed E-state index contributed by atoms with van der Waals surface area (Å²) in [6.07, 6.45) is 1.44. The molecule has 0 aromatic carbocycles. The molecule has 0 spiro atoms. The number of carbonyl (C=O) groups is 1. The van der Waals surface area contributed by atoms with Gasteiger partial charge in [0.1, 0.15) is 0 Å². The van der Waals surface area contributed by atoms with Crippen molar-refractivity contribution in [1.82, 2.24) is 10.3 Å². The first-order chi connectivity index (χ1) is 9.08. The number of nitrogens with zero attached hydrogens (tertiary/aromatic N) is 3. The standard InChI is InChI=1S/C10H13N5O4/c11-10(12-15(17)18)14-5-3-13(4-6-14)9(16)8-2-1-7-19-8/h1-2,7H,3-6H2,(H2,11,12)/p+1. The molecule has 9 heteroatoms. The molecule has 0 saturated carbocycles. The number of nitrogens with two attached hydrogens (primary N) is 1. The summed E-state index contributed by atoms with van der Waals surface area (Å²) in [4.78, 5) is 23.9. The van der Waals surface area contributed by atoms with Gasteiger partial charge in [0.05, 0.1) is 32.4 Å². The monoisotopic (exact) mass is 268 g/mol. The van der Waals surface area contributed by atoms with Gasteiger partial charge in [0.25, 0.3) is 5.91 Å². The van der Waals surface area contributed by atoms with Crippen LogP contribution in [0, 0.1) is 10.1 Å². The molecule has 9 nitrogen and oxygen atoms in total. The van der Waals surface area contributed by atoms with Gasteiger partial charge in [-0.3, -0.25) is 15.1 Å². The number of furan rings is 1. The average molecular weight is 268 g/mol. The SMILES string of the molecule is NC(N[N+](=O)[O-])=[N+]1CCN(C(=O)c2ccco2)CC1. The second-order valence-electron chi connectivity index (χ2n) is 4.01. The Hall–Kier alpha value is -2.58. The summed E-state index contributed by atoms with van der Waals surface area (Å²) in [6, 6.07) is 3.25. The smallest absolute Gasteiger partial charge is 0.406 e. The zero-order valence-corrected chi connectivity index (χ0v) is 10.1. The summed E-state index contributed by atoms with van der Waals surface area (Å²) in [5.41, 5.74) is 7.44. The lowest BCUT2D eigenvalue weighted by molar-refractivity contribution is -0.573. The predicted octanol–water partition coefficient (Wildman–Crippen LogP) is -1.16. The van der Waals surface area contributed by atoms with Gasteiger partial charge < -0.3 is 9.32 Å². The highest BCUT2D eigenvalue weighted by atomic mass is 16.7. The Bertz CT molecular complexity index is 500. The Balaban J connectivity index is 1.96. The van der Waals surface area contributed by atoms with Crippen molar-refractivity contribution in [3.63, 3.8) is 0 Å². The highest BCUT2D eigenvalue weighted by Crippen LogP contribution is 2.07. The van der Waals surface area contributed by atoms with Crippen LogP contribution >= 0.6 is 0 Å². The third kappa shape index (κ3) is 3.00. The Labute approximate surface area is 108 Å². The minimum absolute atomic E-state index is 0.0184. The number of piperazine rings is 1. The van der Waals surface area contributed by atoms with Gasteiger partial charge in [-0.15, -0.1) is 0 Å². The number of hydrazine groups is 1. The highest BCUT2D eigenvalue weighted by molar-refractivity contribution is 5.91. The lowest BCUT2D eigenvalue weighted by atomic mass is 10.3. The maximum atomic E-state index is 12.0. The fourth-order valence-corrected chi connectivity index (χ4v) is 1.87. The molecule has 0 bridgehead atoms. The van der Waals surface area contributed by atoms with Crippen LogP contribution in [-0.2, 0) is 0 Å². The molecule has 1 saturated heterocycles. The first-order valence-corrected chi connectivity index (χ1v) is 5.69. The summed E-state index contributed by atoms with van der Waals surface area (Å²) < 4.78 is 6.66. The fraction of sp³-hybridized carbons (Fsp3) is 0.400. The lowest BCUT2D eigenvalue weighted by Crippen LogP contribution is -2.52. The zero-order chi connectivity index (χ0) is 13.8. The summed E-state index contributed by atoms with van der Waals surface area (Å²) in [6.45, 7) is 1.72. The average Bonchev–Trinajstić information content (AvgIpc) is 2.91. The molecule has 0 radical (unpaired) electrons. The van der Waals surface area contributed by atoms with E-state index in [2.05, 4.69) is 0 Å². The second kappa shape index (κ2) is 5.38. The maximum Gasteiger partial charge on any atom is 0.406 e. The van der Waals surface area contributed by atoms with Crippen molar-refractivity contribution >= 4 is 11.9 Å². The molecule has 1 amide bonds. The minimum Gasteiger partial charge on any atom is -0.459 e. The van der Waals surface area contributed by atoms with Crippen LogP contribution in [0.2, 0.25) is 0 Å². The third-order valence-electron chi connectivity index (χ3n) is 2.85. The molecule has 3 N–H and O–H groups in total. The van der Waals surface area contributed by atoms with Crippen molar-refractivity contribution in [2.45, 2.75) is 0 Å². The van der Waals surface area contributed by atoms with E-state index >= 15 is 0 Å². The predicted molar refractivity (Wildman–Crippen MR) is 63.9 cm³/mol. The number of rotatable bonds is 2. The first kappa shape index (κ1) is 12.9. The molecular formula is C10H14N5O4+. The van der Waals surface area contributed by atoms with E-state index in [4.69, 9.17) is 10.2 Å². The van der Waals surface area contributed by atoms with Crippen molar-refractivity contribution in [2.24, 2.45) is 5.73 Å². The molecule has 19 heavy (non-hydrogen) atoms. The molecular weight excluding hydrogens is 254 g/mol. The minimum atomic E-state index is -0.713. The molecule has 1 aliphatic heterocycles. The van der Waals surface area contributed by atoms with Crippen LogP contribution in [0.5, 0.6) is 0 Å². The van der Waals surface area contributed by atoms with Gasteiger partial charge in [0.2, 0.25) is 5.03 Å². The fourth-order valence-electron chi connectivity index (χ4n) is 1.87. The molecule has 1 aromatic heterocycles. The topological polar surface area (TPSA) is 118 Å². The van der Waals surface area contributed by atoms with Crippen molar-refractivity contribution in [2.75, 3.05) is 26.2 Å². The van der Waals surface area contributed by atoms with E-state index in [-0.39, 0.29) is 17.6 Å². The number of guanidine groups is 1. The molecule has 2 heterocycles. The molecule has 2 rings (SSSR count). The van der Waals surface area contributed by atoms with Gasteiger partial charge >= 0.3 is 5.96 Å². The Morgan fingerprint density at radius 3 is 2.74 bits per heavy atom. The molecule has 0 unspecified atom stereocenters. The quantitative estimate of drug-likeness (QED) is 0.302. The first-order valence-electron chi connectivity index (χ1n) is 5.69. The van der Waals surface area contributed by atoms with E-state index in [1.807, 2.05) is 5.43 Å². The van der Waals surface area contributed by atoms with E-state index in [1.54, 1.807) is 21.6 Å². The van der Waals surface area contributed by atoms with Crippen LogP contribution in [-0.4, -0.2) is 52.6 Å². The van der Waals surface area contributed by atoms with Gasteiger partial charge in [-0.2, -0.15) is 0 Å². The van der Waals surface area contributed by atoms with Gasteiger partial charge in [-0.25, -0.2) is 10.1 Å². The van der Waals surface area contributed by atoms with E-state index in [9.17, 15) is 14.9 Å². The highest BCUT2D eigenvalue weighted by Gasteiger charge is 2.25. The van der Waals surface area contributed by atoms with Crippen LogP contribution in [0.25, 0.3) is 0 Å². The van der Waals surface area contributed by atoms with Crippen molar-refractivity contribution < 1.29 is 18.8 Å². The van der Waals surface area contributed by atoms with Crippen molar-refractivity contribution in [3.8, 4) is 0 Å². The second-order valence-corrected chi connectivity index (χ2v) is 4.01. The zero-order valence-electron chi connectivity index (χ0n) is 10.1. The summed E-state index contributed by atoms with van der Waals surface area (Å²) in [7, 11) is 0. The van der Waals surface area contributed by atoms with Crippen LogP contribution in [0.4, 0.5) is 0 Å². The molecule has 1 aromatic rings. The Kier molecular flexibility index (Phi) is 3.64. The Morgan fingerprint density at radius 2 is 2.21 bits per heavy atom. The van der Waals surface area contributed by atoms with Gasteiger partial charge in [-0.05, 0) is 12.1 Å². The summed E-state index contributed by atoms with van der Waals surface area (Å²) in [5, 5.41) is 9.56. The number of hydrogen-bond acceptors (Lipinski definition) is 4. The molecule has 0 atom stereocenters. The number of amides is 1. The van der Waals surface area contributed by atoms with E-state index in [0.29, 0.717) is 26.2 Å². The molecule has 1 aliphatic rings. The normalized spacial score (nSPS) is 15.2. The van der Waals surface area contributed by atoms with Gasteiger partial charge in [-0.1, -0.05) is 0 Å². The van der Waals surface area contributed by atoms with Crippen LogP contribution in [0.1, 0.15) is 10.6 Å². The summed E-state index contributed by atoms with van der Waals surface area (Å²) >= 11 is 0. The number of nitro groups is 1. The van der Waals surface area contributed by atoms with Crippen LogP contribution in [0.3, 0.4) is 0 Å². The molecule has 1 fully saturated rings. The van der Waals surface area contributed by atoms with E-state index < -0.39 is 5.03 Å². The Morgan fingerprint density at radius 1 is 1.53 bits per heavy atom. The van der Waals surface area contributed by atoms with Crippen LogP contribution in [0.15, 0.2) is 22.8 Å². The number of nitrogens with one attached hydrogen (secondary N) is 1.